The summed E-state index contributed by atoms with van der Waals surface area (Å²) >= 11 is 1.68. The van der Waals surface area contributed by atoms with E-state index in [4.69, 9.17) is 0 Å². The zero-order chi connectivity index (χ0) is 17.4. The third-order valence-corrected chi connectivity index (χ3v) is 6.17. The van der Waals surface area contributed by atoms with Gasteiger partial charge in [0.25, 0.3) is 0 Å². The van der Waals surface area contributed by atoms with Crippen LogP contribution in [0.15, 0.2) is 17.8 Å². The number of amides is 1. The molecule has 0 aliphatic carbocycles. The molecule has 2 aromatic heterocycles. The van der Waals surface area contributed by atoms with Crippen LogP contribution in [0.1, 0.15) is 17.2 Å². The molecule has 10 heteroatoms. The van der Waals surface area contributed by atoms with E-state index in [-0.39, 0.29) is 42.6 Å². The van der Waals surface area contributed by atoms with E-state index >= 15 is 0 Å². The lowest BCUT2D eigenvalue weighted by Gasteiger charge is -2.36. The molecule has 150 valence electrons. The van der Waals surface area contributed by atoms with Gasteiger partial charge in [-0.3, -0.25) is 9.48 Å². The molecule has 2 aliphatic heterocycles. The number of carbonyl (C=O) groups is 1. The maximum atomic E-state index is 13.1. The summed E-state index contributed by atoms with van der Waals surface area (Å²) < 4.78 is 1.81. The van der Waals surface area contributed by atoms with Crippen molar-refractivity contribution in [3.8, 4) is 0 Å². The maximum Gasteiger partial charge on any atom is 0.227 e. The first-order valence-corrected chi connectivity index (χ1v) is 9.65. The fourth-order valence-corrected chi connectivity index (χ4v) is 4.62. The van der Waals surface area contributed by atoms with Crippen molar-refractivity contribution >= 4 is 47.2 Å². The van der Waals surface area contributed by atoms with Gasteiger partial charge in [-0.15, -0.1) is 36.2 Å². The van der Waals surface area contributed by atoms with Crippen molar-refractivity contribution in [3.63, 3.8) is 0 Å². The molecule has 27 heavy (non-hydrogen) atoms. The van der Waals surface area contributed by atoms with Crippen molar-refractivity contribution in [1.29, 1.82) is 0 Å². The molecule has 0 saturated carbocycles. The Bertz CT molecular complexity index is 758. The smallest absolute Gasteiger partial charge is 0.227 e. The molecule has 1 N–H and O–H groups in total. The Morgan fingerprint density at radius 3 is 2.56 bits per heavy atom. The van der Waals surface area contributed by atoms with E-state index in [1.165, 1.54) is 0 Å². The highest BCUT2D eigenvalue weighted by atomic mass is 35.5. The highest BCUT2D eigenvalue weighted by Gasteiger charge is 2.37. The van der Waals surface area contributed by atoms with Crippen LogP contribution in [-0.4, -0.2) is 64.8 Å². The Balaban J connectivity index is 0.00000131. The largest absolute Gasteiger partial charge is 0.345 e. The number of aromatic nitrogens is 3. The van der Waals surface area contributed by atoms with Crippen molar-refractivity contribution in [2.75, 3.05) is 44.2 Å². The Hall–Kier alpha value is -1.35. The first-order chi connectivity index (χ1) is 12.1. The third kappa shape index (κ3) is 4.56. The van der Waals surface area contributed by atoms with Crippen LogP contribution >= 0.6 is 36.2 Å². The Morgan fingerprint density at radius 2 is 1.96 bits per heavy atom. The summed E-state index contributed by atoms with van der Waals surface area (Å²) in [6.45, 7) is 6.88. The number of aryl methyl sites for hydroxylation is 2. The van der Waals surface area contributed by atoms with Crippen LogP contribution in [0.5, 0.6) is 0 Å². The van der Waals surface area contributed by atoms with Crippen molar-refractivity contribution in [1.82, 2.24) is 25.0 Å². The first-order valence-electron chi connectivity index (χ1n) is 8.77. The topological polar surface area (TPSA) is 66.3 Å². The summed E-state index contributed by atoms with van der Waals surface area (Å²) in [7, 11) is 1.92. The number of anilines is 1. The average molecular weight is 433 g/mol. The van der Waals surface area contributed by atoms with E-state index < -0.39 is 0 Å². The number of hydrogen-bond donors (Lipinski definition) is 1. The number of thiazole rings is 1. The van der Waals surface area contributed by atoms with Crippen molar-refractivity contribution in [3.05, 3.63) is 29.0 Å². The Kier molecular flexibility index (Phi) is 7.50. The summed E-state index contributed by atoms with van der Waals surface area (Å²) in [5, 5.41) is 10.8. The van der Waals surface area contributed by atoms with Gasteiger partial charge in [-0.25, -0.2) is 4.98 Å². The number of rotatable bonds is 3. The van der Waals surface area contributed by atoms with E-state index in [9.17, 15) is 4.79 Å². The molecule has 4 rings (SSSR count). The zero-order valence-electron chi connectivity index (χ0n) is 15.5. The monoisotopic (exact) mass is 432 g/mol. The van der Waals surface area contributed by atoms with Crippen LogP contribution in [0.3, 0.4) is 0 Å². The standard InChI is InChI=1S/C17H24N6OS.2ClH/c1-12-11-25-17(20-12)23-5-3-22(4-6-23)16(24)15-9-18-8-14(15)13-7-19-21(2)10-13;;/h7,10-11,14-15,18H,3-6,8-9H2,1-2H3;2*1H/t14-,15+;;/m1../s1. The van der Waals surface area contributed by atoms with Crippen molar-refractivity contribution in [2.45, 2.75) is 12.8 Å². The second-order valence-electron chi connectivity index (χ2n) is 6.90. The predicted molar refractivity (Wildman–Crippen MR) is 112 cm³/mol. The minimum atomic E-state index is 0. The summed E-state index contributed by atoms with van der Waals surface area (Å²) in [5.74, 6) is 0.507. The van der Waals surface area contributed by atoms with Crippen LogP contribution in [0.2, 0.25) is 0 Å². The lowest BCUT2D eigenvalue weighted by Crippen LogP contribution is -2.51. The number of halogens is 2. The third-order valence-electron chi connectivity index (χ3n) is 5.15. The van der Waals surface area contributed by atoms with Gasteiger partial charge in [0.05, 0.1) is 17.8 Å². The van der Waals surface area contributed by atoms with Crippen molar-refractivity contribution in [2.24, 2.45) is 13.0 Å². The van der Waals surface area contributed by atoms with Gasteiger partial charge in [-0.1, -0.05) is 0 Å². The average Bonchev–Trinajstić information content (AvgIpc) is 3.34. The van der Waals surface area contributed by atoms with Crippen LogP contribution in [0, 0.1) is 12.8 Å². The molecular formula is C17H26Cl2N6OS. The van der Waals surface area contributed by atoms with Gasteiger partial charge in [0.1, 0.15) is 0 Å². The number of piperazine rings is 1. The molecule has 0 unspecified atom stereocenters. The maximum absolute atomic E-state index is 13.1. The number of hydrogen-bond acceptors (Lipinski definition) is 6. The molecule has 2 aliphatic rings. The highest BCUT2D eigenvalue weighted by Crippen LogP contribution is 2.30. The second kappa shape index (κ2) is 9.23. The molecule has 7 nitrogen and oxygen atoms in total. The van der Waals surface area contributed by atoms with Crippen LogP contribution in [0.25, 0.3) is 0 Å². The van der Waals surface area contributed by atoms with E-state index in [0.29, 0.717) is 0 Å². The minimum Gasteiger partial charge on any atom is -0.345 e. The molecule has 2 saturated heterocycles. The normalized spacial score (nSPS) is 22.3. The summed E-state index contributed by atoms with van der Waals surface area (Å²) in [6, 6.07) is 0. The van der Waals surface area contributed by atoms with Gasteiger partial charge in [-0.05, 0) is 12.5 Å². The molecule has 0 bridgehead atoms. The fraction of sp³-hybridized carbons (Fsp3) is 0.588. The molecule has 2 aromatic rings. The molecule has 2 fully saturated rings. The van der Waals surface area contributed by atoms with Crippen molar-refractivity contribution < 1.29 is 4.79 Å². The first kappa shape index (κ1) is 21.9. The van der Waals surface area contributed by atoms with Crippen LogP contribution in [0.4, 0.5) is 5.13 Å². The summed E-state index contributed by atoms with van der Waals surface area (Å²) in [6.07, 6.45) is 3.92. The fourth-order valence-electron chi connectivity index (χ4n) is 3.76. The lowest BCUT2D eigenvalue weighted by atomic mass is 9.89. The second-order valence-corrected chi connectivity index (χ2v) is 7.74. The molecule has 4 heterocycles. The Labute approximate surface area is 175 Å². The molecule has 1 amide bonds. The van der Waals surface area contributed by atoms with Gasteiger partial charge in [0.15, 0.2) is 5.13 Å². The SMILES string of the molecule is Cc1csc(N2CCN(C(=O)[C@H]3CNC[C@@H]3c3cnn(C)c3)CC2)n1.Cl.Cl. The highest BCUT2D eigenvalue weighted by molar-refractivity contribution is 7.13. The van der Waals surface area contributed by atoms with E-state index in [1.54, 1.807) is 11.3 Å². The van der Waals surface area contributed by atoms with Crippen LogP contribution in [-0.2, 0) is 11.8 Å². The van der Waals surface area contributed by atoms with Gasteiger partial charge in [0.2, 0.25) is 5.91 Å². The molecule has 0 aromatic carbocycles. The summed E-state index contributed by atoms with van der Waals surface area (Å²) in [5.41, 5.74) is 2.22. The Morgan fingerprint density at radius 1 is 1.22 bits per heavy atom. The predicted octanol–water partition coefficient (Wildman–Crippen LogP) is 1.68. The van der Waals surface area contributed by atoms with Crippen LogP contribution < -0.4 is 10.2 Å². The number of carbonyl (C=O) groups excluding carboxylic acids is 1. The van der Waals surface area contributed by atoms with E-state index in [0.717, 1.165) is 55.7 Å². The van der Waals surface area contributed by atoms with Gasteiger partial charge < -0.3 is 15.1 Å². The van der Waals surface area contributed by atoms with Gasteiger partial charge in [0, 0.05) is 63.8 Å². The molecule has 0 spiro atoms. The quantitative estimate of drug-likeness (QED) is 0.798. The van der Waals surface area contributed by atoms with Gasteiger partial charge in [-0.2, -0.15) is 5.10 Å². The molecule has 2 atom stereocenters. The van der Waals surface area contributed by atoms with E-state index in [2.05, 4.69) is 25.7 Å². The van der Waals surface area contributed by atoms with E-state index in [1.807, 2.05) is 35.9 Å². The lowest BCUT2D eigenvalue weighted by molar-refractivity contribution is -0.135. The zero-order valence-corrected chi connectivity index (χ0v) is 17.9. The summed E-state index contributed by atoms with van der Waals surface area (Å²) in [4.78, 5) is 21.9. The number of nitrogens with zero attached hydrogens (tertiary/aromatic N) is 5. The minimum absolute atomic E-state index is 0. The van der Waals surface area contributed by atoms with Gasteiger partial charge >= 0.3 is 0 Å². The molecular weight excluding hydrogens is 407 g/mol. The molecule has 0 radical (unpaired) electrons. The number of nitrogens with one attached hydrogen (secondary N) is 1.